The normalized spacial score (nSPS) is 17.6. The summed E-state index contributed by atoms with van der Waals surface area (Å²) in [7, 11) is -1.76. The fraction of sp³-hybridized carbons (Fsp3) is 0.600. The number of nitrogens with zero attached hydrogens (tertiary/aromatic N) is 1. The Hall–Kier alpha value is -1.07. The van der Waals surface area contributed by atoms with E-state index < -0.39 is 10.0 Å². The van der Waals surface area contributed by atoms with Gasteiger partial charge in [-0.15, -0.1) is 0 Å². The van der Waals surface area contributed by atoms with Gasteiger partial charge in [0.15, 0.2) is 0 Å². The molecule has 1 aliphatic carbocycles. The predicted molar refractivity (Wildman–Crippen MR) is 82.0 cm³/mol. The standard InChI is InChI=1S/C15H24N2O2S/c1-12-8-14(16)10-15(9-12)20(18,19)17(2)11-13-6-4-3-5-7-13/h8-10,13H,3-7,11,16H2,1-2H3. The van der Waals surface area contributed by atoms with Crippen LogP contribution >= 0.6 is 0 Å². The van der Waals surface area contributed by atoms with Gasteiger partial charge in [-0.3, -0.25) is 0 Å². The van der Waals surface area contributed by atoms with Gasteiger partial charge in [-0.05, 0) is 49.4 Å². The number of sulfonamides is 1. The zero-order chi connectivity index (χ0) is 14.8. The van der Waals surface area contributed by atoms with Crippen molar-refractivity contribution >= 4 is 15.7 Å². The number of aryl methyl sites for hydroxylation is 1. The highest BCUT2D eigenvalue weighted by atomic mass is 32.2. The molecule has 0 saturated heterocycles. The fourth-order valence-corrected chi connectivity index (χ4v) is 4.32. The van der Waals surface area contributed by atoms with Crippen LogP contribution in [0.4, 0.5) is 5.69 Å². The van der Waals surface area contributed by atoms with Crippen molar-refractivity contribution in [1.82, 2.24) is 4.31 Å². The summed E-state index contributed by atoms with van der Waals surface area (Å²) in [5.41, 5.74) is 7.12. The van der Waals surface area contributed by atoms with Gasteiger partial charge >= 0.3 is 0 Å². The first-order valence-electron chi connectivity index (χ1n) is 7.23. The molecule has 1 aromatic rings. The third-order valence-electron chi connectivity index (χ3n) is 4.02. The molecular weight excluding hydrogens is 272 g/mol. The lowest BCUT2D eigenvalue weighted by molar-refractivity contribution is 0.300. The molecule has 1 fully saturated rings. The predicted octanol–water partition coefficient (Wildman–Crippen LogP) is 2.78. The van der Waals surface area contributed by atoms with Gasteiger partial charge in [0.05, 0.1) is 4.90 Å². The molecular formula is C15H24N2O2S. The van der Waals surface area contributed by atoms with Crippen LogP contribution in [0, 0.1) is 12.8 Å². The van der Waals surface area contributed by atoms with Crippen LogP contribution in [0.3, 0.4) is 0 Å². The zero-order valence-electron chi connectivity index (χ0n) is 12.3. The van der Waals surface area contributed by atoms with Crippen molar-refractivity contribution in [2.24, 2.45) is 5.92 Å². The SMILES string of the molecule is Cc1cc(N)cc(S(=O)(=O)N(C)CC2CCCCC2)c1. The van der Waals surface area contributed by atoms with Gasteiger partial charge in [-0.25, -0.2) is 12.7 Å². The number of anilines is 1. The number of hydrogen-bond acceptors (Lipinski definition) is 3. The van der Waals surface area contributed by atoms with Crippen molar-refractivity contribution in [3.05, 3.63) is 23.8 Å². The zero-order valence-corrected chi connectivity index (χ0v) is 13.1. The largest absolute Gasteiger partial charge is 0.399 e. The minimum atomic E-state index is -3.43. The molecule has 2 rings (SSSR count). The molecule has 0 heterocycles. The molecule has 0 unspecified atom stereocenters. The van der Waals surface area contributed by atoms with Gasteiger partial charge in [0.1, 0.15) is 0 Å². The summed E-state index contributed by atoms with van der Waals surface area (Å²) in [6.45, 7) is 2.46. The first kappa shape index (κ1) is 15.3. The average molecular weight is 296 g/mol. The van der Waals surface area contributed by atoms with E-state index in [1.165, 1.54) is 23.6 Å². The second-order valence-electron chi connectivity index (χ2n) is 5.87. The van der Waals surface area contributed by atoms with Crippen molar-refractivity contribution < 1.29 is 8.42 Å². The molecule has 1 saturated carbocycles. The van der Waals surface area contributed by atoms with Crippen LogP contribution in [0.5, 0.6) is 0 Å². The Morgan fingerprint density at radius 1 is 1.20 bits per heavy atom. The second-order valence-corrected chi connectivity index (χ2v) is 7.91. The topological polar surface area (TPSA) is 63.4 Å². The van der Waals surface area contributed by atoms with Gasteiger partial charge in [-0.1, -0.05) is 19.3 Å². The van der Waals surface area contributed by atoms with E-state index >= 15 is 0 Å². The molecule has 4 nitrogen and oxygen atoms in total. The van der Waals surface area contributed by atoms with Crippen LogP contribution in [0.1, 0.15) is 37.7 Å². The van der Waals surface area contributed by atoms with E-state index in [4.69, 9.17) is 5.73 Å². The van der Waals surface area contributed by atoms with Crippen LogP contribution < -0.4 is 5.73 Å². The van der Waals surface area contributed by atoms with E-state index in [2.05, 4.69) is 0 Å². The molecule has 2 N–H and O–H groups in total. The van der Waals surface area contributed by atoms with Crippen LogP contribution in [0.15, 0.2) is 23.1 Å². The van der Waals surface area contributed by atoms with Gasteiger partial charge in [0, 0.05) is 19.3 Å². The van der Waals surface area contributed by atoms with E-state index in [-0.39, 0.29) is 0 Å². The monoisotopic (exact) mass is 296 g/mol. The lowest BCUT2D eigenvalue weighted by atomic mass is 9.89. The first-order chi connectivity index (χ1) is 9.39. The summed E-state index contributed by atoms with van der Waals surface area (Å²) in [4.78, 5) is 0.299. The third-order valence-corrected chi connectivity index (χ3v) is 5.82. The number of hydrogen-bond donors (Lipinski definition) is 1. The van der Waals surface area contributed by atoms with Crippen molar-refractivity contribution in [3.8, 4) is 0 Å². The van der Waals surface area contributed by atoms with Crippen molar-refractivity contribution in [3.63, 3.8) is 0 Å². The maximum Gasteiger partial charge on any atom is 0.242 e. The Balaban J connectivity index is 2.15. The smallest absolute Gasteiger partial charge is 0.242 e. The average Bonchev–Trinajstić information content (AvgIpc) is 2.38. The molecule has 0 spiro atoms. The van der Waals surface area contributed by atoms with Gasteiger partial charge in [0.2, 0.25) is 10.0 Å². The molecule has 1 aromatic carbocycles. The van der Waals surface area contributed by atoms with E-state index in [1.807, 2.05) is 6.92 Å². The maximum atomic E-state index is 12.6. The molecule has 0 aromatic heterocycles. The van der Waals surface area contributed by atoms with Crippen LogP contribution in [-0.4, -0.2) is 26.3 Å². The molecule has 0 aliphatic heterocycles. The Morgan fingerprint density at radius 3 is 2.45 bits per heavy atom. The molecule has 20 heavy (non-hydrogen) atoms. The number of nitrogen functional groups attached to an aromatic ring is 1. The number of rotatable bonds is 4. The lowest BCUT2D eigenvalue weighted by Crippen LogP contribution is -2.32. The lowest BCUT2D eigenvalue weighted by Gasteiger charge is -2.26. The van der Waals surface area contributed by atoms with E-state index in [0.29, 0.717) is 23.0 Å². The summed E-state index contributed by atoms with van der Waals surface area (Å²) < 4.78 is 26.6. The highest BCUT2D eigenvalue weighted by Crippen LogP contribution is 2.26. The number of benzene rings is 1. The highest BCUT2D eigenvalue weighted by Gasteiger charge is 2.25. The van der Waals surface area contributed by atoms with E-state index in [0.717, 1.165) is 18.4 Å². The van der Waals surface area contributed by atoms with Crippen molar-refractivity contribution in [2.75, 3.05) is 19.3 Å². The van der Waals surface area contributed by atoms with Crippen molar-refractivity contribution in [1.29, 1.82) is 0 Å². The van der Waals surface area contributed by atoms with E-state index in [1.54, 1.807) is 25.2 Å². The Kier molecular flexibility index (Phi) is 4.70. The van der Waals surface area contributed by atoms with Gasteiger partial charge in [-0.2, -0.15) is 0 Å². The molecule has 0 amide bonds. The Bertz CT molecular complexity index is 543. The van der Waals surface area contributed by atoms with Gasteiger partial charge in [0.25, 0.3) is 0 Å². The Morgan fingerprint density at radius 2 is 1.85 bits per heavy atom. The number of nitrogens with two attached hydrogens (primary N) is 1. The molecule has 0 bridgehead atoms. The minimum Gasteiger partial charge on any atom is -0.399 e. The van der Waals surface area contributed by atoms with Crippen LogP contribution in [0.2, 0.25) is 0 Å². The summed E-state index contributed by atoms with van der Waals surface area (Å²) in [6.07, 6.45) is 5.99. The summed E-state index contributed by atoms with van der Waals surface area (Å²) >= 11 is 0. The van der Waals surface area contributed by atoms with Crippen LogP contribution in [0.25, 0.3) is 0 Å². The summed E-state index contributed by atoms with van der Waals surface area (Å²) in [5.74, 6) is 0.491. The van der Waals surface area contributed by atoms with E-state index in [9.17, 15) is 8.42 Å². The first-order valence-corrected chi connectivity index (χ1v) is 8.67. The molecule has 0 radical (unpaired) electrons. The summed E-state index contributed by atoms with van der Waals surface area (Å²) in [5, 5.41) is 0. The third kappa shape index (κ3) is 3.52. The molecule has 112 valence electrons. The highest BCUT2D eigenvalue weighted by molar-refractivity contribution is 7.89. The molecule has 5 heteroatoms. The minimum absolute atomic E-state index is 0.299. The quantitative estimate of drug-likeness (QED) is 0.869. The fourth-order valence-electron chi connectivity index (χ4n) is 2.94. The van der Waals surface area contributed by atoms with Crippen molar-refractivity contribution in [2.45, 2.75) is 43.9 Å². The Labute approximate surface area is 122 Å². The molecule has 1 aliphatic rings. The maximum absolute atomic E-state index is 12.6. The molecule has 0 atom stereocenters. The van der Waals surface area contributed by atoms with Gasteiger partial charge < -0.3 is 5.73 Å². The van der Waals surface area contributed by atoms with Crippen LogP contribution in [-0.2, 0) is 10.0 Å². The summed E-state index contributed by atoms with van der Waals surface area (Å²) in [6, 6.07) is 5.00. The second kappa shape index (κ2) is 6.14.